The van der Waals surface area contributed by atoms with Crippen LogP contribution in [0.1, 0.15) is 21.5 Å². The first-order chi connectivity index (χ1) is 14.1. The Bertz CT molecular complexity index is 1060. The van der Waals surface area contributed by atoms with Gasteiger partial charge in [0, 0.05) is 44.8 Å². The Balaban J connectivity index is 1.47. The van der Waals surface area contributed by atoms with E-state index in [1.54, 1.807) is 46.4 Å². The van der Waals surface area contributed by atoms with Crippen molar-refractivity contribution in [3.8, 4) is 0 Å². The third-order valence-electron chi connectivity index (χ3n) is 5.13. The van der Waals surface area contributed by atoms with Crippen LogP contribution in [0.15, 0.2) is 66.0 Å². The van der Waals surface area contributed by atoms with Crippen molar-refractivity contribution >= 4 is 11.7 Å². The lowest BCUT2D eigenvalue weighted by molar-refractivity contribution is 0.0744. The molecule has 29 heavy (non-hydrogen) atoms. The van der Waals surface area contributed by atoms with Crippen LogP contribution in [0.5, 0.6) is 0 Å². The summed E-state index contributed by atoms with van der Waals surface area (Å²) in [4.78, 5) is 38.1. The Morgan fingerprint density at radius 2 is 1.90 bits per heavy atom. The summed E-state index contributed by atoms with van der Waals surface area (Å²) in [7, 11) is 0. The molecule has 0 saturated carbocycles. The maximum absolute atomic E-state index is 13.0. The first kappa shape index (κ1) is 18.9. The molecule has 148 valence electrons. The van der Waals surface area contributed by atoms with Gasteiger partial charge in [0.15, 0.2) is 0 Å². The first-order valence-corrected chi connectivity index (χ1v) is 9.67. The van der Waals surface area contributed by atoms with Gasteiger partial charge in [0.25, 0.3) is 11.5 Å². The van der Waals surface area contributed by atoms with Crippen LogP contribution in [-0.2, 0) is 6.54 Å². The zero-order valence-electron chi connectivity index (χ0n) is 16.4. The fourth-order valence-corrected chi connectivity index (χ4v) is 3.59. The molecule has 0 atom stereocenters. The molecular weight excluding hydrogens is 366 g/mol. The standard InChI is InChI=1S/C22H23N5O2/c1-17-4-2-5-18(14-17)16-27-9-3-6-19(22(27)29)21(28)26-12-10-25(11-13-26)20-15-23-7-8-24-20/h2-9,14-15H,10-13,16H2,1H3. The average molecular weight is 389 g/mol. The van der Waals surface area contributed by atoms with E-state index in [-0.39, 0.29) is 17.0 Å². The maximum Gasteiger partial charge on any atom is 0.263 e. The molecule has 7 heteroatoms. The molecule has 0 unspecified atom stereocenters. The lowest BCUT2D eigenvalue weighted by atomic mass is 10.1. The fourth-order valence-electron chi connectivity index (χ4n) is 3.59. The van der Waals surface area contributed by atoms with E-state index in [1.807, 2.05) is 31.2 Å². The lowest BCUT2D eigenvalue weighted by Gasteiger charge is -2.35. The number of hydrogen-bond acceptors (Lipinski definition) is 5. The molecule has 4 rings (SSSR count). The number of hydrogen-bond donors (Lipinski definition) is 0. The molecule has 2 aromatic heterocycles. The summed E-state index contributed by atoms with van der Waals surface area (Å²) >= 11 is 0. The smallest absolute Gasteiger partial charge is 0.263 e. The molecular formula is C22H23N5O2. The van der Waals surface area contributed by atoms with Gasteiger partial charge in [-0.3, -0.25) is 14.6 Å². The third-order valence-corrected chi connectivity index (χ3v) is 5.13. The van der Waals surface area contributed by atoms with E-state index in [9.17, 15) is 9.59 Å². The van der Waals surface area contributed by atoms with Crippen molar-refractivity contribution in [3.63, 3.8) is 0 Å². The molecule has 7 nitrogen and oxygen atoms in total. The van der Waals surface area contributed by atoms with Gasteiger partial charge in [-0.1, -0.05) is 29.8 Å². The number of rotatable bonds is 4. The van der Waals surface area contributed by atoms with E-state index >= 15 is 0 Å². The monoisotopic (exact) mass is 389 g/mol. The van der Waals surface area contributed by atoms with Gasteiger partial charge in [-0.2, -0.15) is 0 Å². The number of aromatic nitrogens is 3. The number of benzene rings is 1. The second kappa shape index (κ2) is 8.26. The molecule has 0 bridgehead atoms. The van der Waals surface area contributed by atoms with Crippen LogP contribution >= 0.6 is 0 Å². The summed E-state index contributed by atoms with van der Waals surface area (Å²) in [6.45, 7) is 4.88. The van der Waals surface area contributed by atoms with Crippen molar-refractivity contribution in [1.82, 2.24) is 19.4 Å². The number of nitrogens with zero attached hydrogens (tertiary/aromatic N) is 5. The number of piperazine rings is 1. The summed E-state index contributed by atoms with van der Waals surface area (Å²) < 4.78 is 1.60. The number of pyridine rings is 1. The highest BCUT2D eigenvalue weighted by Gasteiger charge is 2.25. The second-order valence-corrected chi connectivity index (χ2v) is 7.19. The highest BCUT2D eigenvalue weighted by Crippen LogP contribution is 2.13. The minimum Gasteiger partial charge on any atom is -0.352 e. The highest BCUT2D eigenvalue weighted by atomic mass is 16.2. The summed E-state index contributed by atoms with van der Waals surface area (Å²) in [5.74, 6) is 0.590. The van der Waals surface area contributed by atoms with Crippen molar-refractivity contribution in [2.45, 2.75) is 13.5 Å². The number of anilines is 1. The van der Waals surface area contributed by atoms with E-state index in [0.717, 1.165) is 16.9 Å². The second-order valence-electron chi connectivity index (χ2n) is 7.19. The van der Waals surface area contributed by atoms with E-state index in [4.69, 9.17) is 0 Å². The summed E-state index contributed by atoms with van der Waals surface area (Å²) in [6, 6.07) is 11.4. The molecule has 1 aliphatic rings. The molecule has 1 aromatic carbocycles. The Hall–Kier alpha value is -3.48. The van der Waals surface area contributed by atoms with Crippen molar-refractivity contribution < 1.29 is 4.79 Å². The van der Waals surface area contributed by atoms with Crippen LogP contribution in [0.4, 0.5) is 5.82 Å². The fraction of sp³-hybridized carbons (Fsp3) is 0.273. The number of aryl methyl sites for hydroxylation is 1. The van der Waals surface area contributed by atoms with Crippen LogP contribution in [0, 0.1) is 6.92 Å². The predicted molar refractivity (Wildman–Crippen MR) is 111 cm³/mol. The zero-order valence-corrected chi connectivity index (χ0v) is 16.4. The molecule has 1 saturated heterocycles. The van der Waals surface area contributed by atoms with Gasteiger partial charge in [0.1, 0.15) is 11.4 Å². The van der Waals surface area contributed by atoms with Gasteiger partial charge < -0.3 is 14.4 Å². The molecule has 0 N–H and O–H groups in total. The predicted octanol–water partition coefficient (Wildman–Crippen LogP) is 1.96. The largest absolute Gasteiger partial charge is 0.352 e. The van der Waals surface area contributed by atoms with Crippen molar-refractivity contribution in [1.29, 1.82) is 0 Å². The zero-order chi connectivity index (χ0) is 20.2. The number of carbonyl (C=O) groups is 1. The molecule has 3 heterocycles. The Kier molecular flexibility index (Phi) is 5.37. The molecule has 0 aliphatic carbocycles. The summed E-state index contributed by atoms with van der Waals surface area (Å²) in [5, 5.41) is 0. The minimum atomic E-state index is -0.254. The minimum absolute atomic E-state index is 0.215. The Morgan fingerprint density at radius 3 is 2.62 bits per heavy atom. The molecule has 1 fully saturated rings. The molecule has 1 aliphatic heterocycles. The van der Waals surface area contributed by atoms with Crippen LogP contribution < -0.4 is 10.5 Å². The SMILES string of the molecule is Cc1cccc(Cn2cccc(C(=O)N3CCN(c4cnccn4)CC3)c2=O)c1. The van der Waals surface area contributed by atoms with E-state index in [1.165, 1.54) is 0 Å². The van der Waals surface area contributed by atoms with E-state index < -0.39 is 0 Å². The maximum atomic E-state index is 13.0. The lowest BCUT2D eigenvalue weighted by Crippen LogP contribution is -2.50. The van der Waals surface area contributed by atoms with Crippen molar-refractivity contribution in [2.24, 2.45) is 0 Å². The van der Waals surface area contributed by atoms with Gasteiger partial charge in [0.05, 0.1) is 12.7 Å². The average Bonchev–Trinajstić information content (AvgIpc) is 2.76. The van der Waals surface area contributed by atoms with Crippen molar-refractivity contribution in [3.05, 3.63) is 88.2 Å². The van der Waals surface area contributed by atoms with E-state index in [2.05, 4.69) is 14.9 Å². The Morgan fingerprint density at radius 1 is 1.07 bits per heavy atom. The van der Waals surface area contributed by atoms with Crippen LogP contribution in [0.2, 0.25) is 0 Å². The Labute approximate surface area is 169 Å². The van der Waals surface area contributed by atoms with Crippen LogP contribution in [0.25, 0.3) is 0 Å². The first-order valence-electron chi connectivity index (χ1n) is 9.67. The van der Waals surface area contributed by atoms with E-state index in [0.29, 0.717) is 32.7 Å². The summed E-state index contributed by atoms with van der Waals surface area (Å²) in [5.41, 5.74) is 2.14. The van der Waals surface area contributed by atoms with Gasteiger partial charge in [-0.05, 0) is 24.6 Å². The van der Waals surface area contributed by atoms with Gasteiger partial charge in [0.2, 0.25) is 0 Å². The van der Waals surface area contributed by atoms with Gasteiger partial charge in [-0.25, -0.2) is 4.98 Å². The quantitative estimate of drug-likeness (QED) is 0.682. The third kappa shape index (κ3) is 4.18. The summed E-state index contributed by atoms with van der Waals surface area (Å²) in [6.07, 6.45) is 6.75. The number of amides is 1. The molecule has 1 amide bonds. The van der Waals surface area contributed by atoms with Crippen molar-refractivity contribution in [2.75, 3.05) is 31.1 Å². The van der Waals surface area contributed by atoms with Crippen LogP contribution in [0.3, 0.4) is 0 Å². The molecule has 3 aromatic rings. The topological polar surface area (TPSA) is 71.3 Å². The number of carbonyl (C=O) groups excluding carboxylic acids is 1. The van der Waals surface area contributed by atoms with Gasteiger partial charge >= 0.3 is 0 Å². The van der Waals surface area contributed by atoms with Gasteiger partial charge in [-0.15, -0.1) is 0 Å². The van der Waals surface area contributed by atoms with Crippen LogP contribution in [-0.4, -0.2) is 51.5 Å². The highest BCUT2D eigenvalue weighted by molar-refractivity contribution is 5.94. The normalized spacial score (nSPS) is 14.1. The molecule has 0 spiro atoms. The molecule has 0 radical (unpaired) electrons.